The largest absolute Gasteiger partial charge is 0.493 e. The normalized spacial score (nSPS) is 15.4. The fourth-order valence-electron chi connectivity index (χ4n) is 3.83. The van der Waals surface area contributed by atoms with Crippen LogP contribution in [-0.2, 0) is 17.8 Å². The Balaban J connectivity index is 1.65. The zero-order chi connectivity index (χ0) is 27.2. The van der Waals surface area contributed by atoms with Gasteiger partial charge < -0.3 is 9.47 Å². The maximum Gasteiger partial charge on any atom is 0.266 e. The van der Waals surface area contributed by atoms with Gasteiger partial charge in [-0.15, -0.1) is 6.58 Å². The van der Waals surface area contributed by atoms with E-state index in [1.54, 1.807) is 48.4 Å². The minimum atomic E-state index is -0.343. The van der Waals surface area contributed by atoms with Crippen LogP contribution in [0.1, 0.15) is 23.6 Å². The summed E-state index contributed by atoms with van der Waals surface area (Å²) in [7, 11) is 1.56. The molecule has 1 amide bonds. The number of carbonyl (C=O) groups is 1. The van der Waals surface area contributed by atoms with Crippen molar-refractivity contribution >= 4 is 57.8 Å². The Morgan fingerprint density at radius 3 is 2.53 bits per heavy atom. The molecule has 38 heavy (non-hydrogen) atoms. The predicted octanol–water partition coefficient (Wildman–Crippen LogP) is 8.07. The Morgan fingerprint density at radius 1 is 1.11 bits per heavy atom. The van der Waals surface area contributed by atoms with Crippen LogP contribution in [0, 0.1) is 5.82 Å². The smallest absolute Gasteiger partial charge is 0.266 e. The zero-order valence-corrected chi connectivity index (χ0v) is 23.2. The number of allylic oxidation sites excluding steroid dienone is 1. The number of hydrogen-bond donors (Lipinski definition) is 0. The quantitative estimate of drug-likeness (QED) is 0.193. The third kappa shape index (κ3) is 6.41. The second-order valence-electron chi connectivity index (χ2n) is 8.26. The summed E-state index contributed by atoms with van der Waals surface area (Å²) < 4.78 is 25.1. The van der Waals surface area contributed by atoms with Crippen molar-refractivity contribution in [2.24, 2.45) is 4.99 Å². The average molecular weight is 572 g/mol. The van der Waals surface area contributed by atoms with Gasteiger partial charge in [0.2, 0.25) is 0 Å². The monoisotopic (exact) mass is 570 g/mol. The van der Waals surface area contributed by atoms with Crippen LogP contribution in [0.2, 0.25) is 10.0 Å². The molecular weight excluding hydrogens is 546 g/mol. The molecule has 4 rings (SSSR count). The number of likely N-dealkylation sites (N-methyl/N-ethyl adjacent to an activating group) is 1. The van der Waals surface area contributed by atoms with Crippen molar-refractivity contribution in [1.29, 1.82) is 0 Å². The first-order valence-corrected chi connectivity index (χ1v) is 13.3. The van der Waals surface area contributed by atoms with Gasteiger partial charge >= 0.3 is 0 Å². The molecule has 1 heterocycles. The van der Waals surface area contributed by atoms with Crippen LogP contribution in [0.25, 0.3) is 6.08 Å². The molecular formula is C29H25Cl2FN2O3S. The Morgan fingerprint density at radius 2 is 1.87 bits per heavy atom. The minimum absolute atomic E-state index is 0.152. The number of nitrogens with zero attached hydrogens (tertiary/aromatic N) is 2. The molecule has 196 valence electrons. The molecule has 0 radical (unpaired) electrons. The van der Waals surface area contributed by atoms with Crippen LogP contribution in [0.5, 0.6) is 11.5 Å². The second-order valence-corrected chi connectivity index (χ2v) is 10.1. The van der Waals surface area contributed by atoms with Crippen molar-refractivity contribution in [2.75, 3.05) is 13.7 Å². The van der Waals surface area contributed by atoms with Gasteiger partial charge in [-0.3, -0.25) is 9.69 Å². The van der Waals surface area contributed by atoms with E-state index in [-0.39, 0.29) is 18.3 Å². The number of thioether (sulfide) groups is 1. The lowest BCUT2D eigenvalue weighted by Crippen LogP contribution is -2.28. The van der Waals surface area contributed by atoms with Gasteiger partial charge in [0.25, 0.3) is 5.91 Å². The number of hydrogen-bond acceptors (Lipinski definition) is 5. The Hall–Kier alpha value is -3.26. The molecule has 5 nitrogen and oxygen atoms in total. The number of benzene rings is 3. The summed E-state index contributed by atoms with van der Waals surface area (Å²) in [6.07, 6.45) is 4.10. The lowest BCUT2D eigenvalue weighted by Gasteiger charge is -2.16. The van der Waals surface area contributed by atoms with Crippen LogP contribution in [0.4, 0.5) is 10.1 Å². The molecule has 9 heteroatoms. The maximum absolute atomic E-state index is 13.3. The Labute approximate surface area is 235 Å². The molecule has 0 aromatic heterocycles. The molecule has 1 aliphatic rings. The first-order valence-electron chi connectivity index (χ1n) is 11.8. The molecule has 0 atom stereocenters. The molecule has 3 aromatic rings. The van der Waals surface area contributed by atoms with E-state index in [4.69, 9.17) is 32.7 Å². The van der Waals surface area contributed by atoms with Gasteiger partial charge in [0.15, 0.2) is 16.7 Å². The summed E-state index contributed by atoms with van der Waals surface area (Å²) in [5.41, 5.74) is 2.97. The molecule has 1 aliphatic heterocycles. The molecule has 0 spiro atoms. The van der Waals surface area contributed by atoms with Crippen LogP contribution < -0.4 is 9.47 Å². The van der Waals surface area contributed by atoms with E-state index in [2.05, 4.69) is 11.6 Å². The molecule has 1 saturated heterocycles. The molecule has 3 aromatic carbocycles. The highest BCUT2D eigenvalue weighted by atomic mass is 35.5. The van der Waals surface area contributed by atoms with Crippen molar-refractivity contribution < 1.29 is 18.7 Å². The summed E-state index contributed by atoms with van der Waals surface area (Å²) in [4.78, 5) is 19.8. The maximum atomic E-state index is 13.3. The van der Waals surface area contributed by atoms with Gasteiger partial charge in [-0.1, -0.05) is 35.3 Å². The third-order valence-corrected chi connectivity index (χ3v) is 7.27. The topological polar surface area (TPSA) is 51.1 Å². The summed E-state index contributed by atoms with van der Waals surface area (Å²) in [5, 5.41) is 1.60. The van der Waals surface area contributed by atoms with Crippen molar-refractivity contribution in [1.82, 2.24) is 4.90 Å². The van der Waals surface area contributed by atoms with Crippen molar-refractivity contribution in [3.05, 3.63) is 105 Å². The van der Waals surface area contributed by atoms with E-state index >= 15 is 0 Å². The lowest BCUT2D eigenvalue weighted by molar-refractivity contribution is -0.122. The lowest BCUT2D eigenvalue weighted by atomic mass is 10.0. The standard InChI is InChI=1S/C29H25Cl2FN2O3S/c1-4-6-19-13-18(14-25(36-3)27(19)37-17-20-7-8-21(30)16-24(20)31)15-26-28(35)34(5-2)29(38-26)33-23-11-9-22(32)10-12-23/h4,7-16H,1,5-6,17H2,2-3H3/b26-15+,33-29?. The summed E-state index contributed by atoms with van der Waals surface area (Å²) >= 11 is 13.6. The van der Waals surface area contributed by atoms with E-state index in [1.165, 1.54) is 23.9 Å². The molecule has 0 saturated carbocycles. The van der Waals surface area contributed by atoms with Gasteiger partial charge in [-0.2, -0.15) is 0 Å². The number of halogens is 3. The van der Waals surface area contributed by atoms with Gasteiger partial charge in [-0.25, -0.2) is 9.38 Å². The number of rotatable bonds is 9. The average Bonchev–Trinajstić information content (AvgIpc) is 3.18. The molecule has 1 fully saturated rings. The summed E-state index contributed by atoms with van der Waals surface area (Å²) in [5.74, 6) is 0.592. The van der Waals surface area contributed by atoms with Crippen molar-refractivity contribution in [3.63, 3.8) is 0 Å². The molecule has 0 aliphatic carbocycles. The fraction of sp³-hybridized carbons (Fsp3) is 0.172. The molecule has 0 unspecified atom stereocenters. The SMILES string of the molecule is C=CCc1cc(/C=C2/SC(=Nc3ccc(F)cc3)N(CC)C2=O)cc(OC)c1OCc1ccc(Cl)cc1Cl. The summed E-state index contributed by atoms with van der Waals surface area (Å²) in [6, 6.07) is 14.8. The van der Waals surface area contributed by atoms with Gasteiger partial charge in [0, 0.05) is 27.7 Å². The highest BCUT2D eigenvalue weighted by Crippen LogP contribution is 2.38. The van der Waals surface area contributed by atoms with Gasteiger partial charge in [-0.05, 0) is 85.3 Å². The first kappa shape index (κ1) is 27.8. The van der Waals surface area contributed by atoms with Crippen LogP contribution in [0.3, 0.4) is 0 Å². The summed E-state index contributed by atoms with van der Waals surface area (Å²) in [6.45, 7) is 6.42. The van der Waals surface area contributed by atoms with E-state index in [0.29, 0.717) is 50.3 Å². The van der Waals surface area contributed by atoms with E-state index < -0.39 is 0 Å². The molecule has 0 N–H and O–H groups in total. The number of amidine groups is 1. The highest BCUT2D eigenvalue weighted by Gasteiger charge is 2.32. The van der Waals surface area contributed by atoms with Crippen LogP contribution in [0.15, 0.2) is 77.1 Å². The van der Waals surface area contributed by atoms with Crippen LogP contribution >= 0.6 is 35.0 Å². The van der Waals surface area contributed by atoms with E-state index in [1.807, 2.05) is 25.1 Å². The Kier molecular flexibility index (Phi) is 9.15. The number of carbonyl (C=O) groups excluding carboxylic acids is 1. The first-order chi connectivity index (χ1) is 18.3. The van der Waals surface area contributed by atoms with Crippen LogP contribution in [-0.4, -0.2) is 29.6 Å². The molecule has 0 bridgehead atoms. The van der Waals surface area contributed by atoms with Gasteiger partial charge in [0.1, 0.15) is 12.4 Å². The minimum Gasteiger partial charge on any atom is -0.493 e. The van der Waals surface area contributed by atoms with E-state index in [0.717, 1.165) is 16.7 Å². The number of methoxy groups -OCH3 is 1. The predicted molar refractivity (Wildman–Crippen MR) is 154 cm³/mol. The van der Waals surface area contributed by atoms with Crippen molar-refractivity contribution in [3.8, 4) is 11.5 Å². The fourth-order valence-corrected chi connectivity index (χ4v) is 5.35. The number of aliphatic imine (C=N–C) groups is 1. The van der Waals surface area contributed by atoms with Crippen molar-refractivity contribution in [2.45, 2.75) is 20.0 Å². The number of ether oxygens (including phenoxy) is 2. The van der Waals surface area contributed by atoms with Gasteiger partial charge in [0.05, 0.1) is 17.7 Å². The Bertz CT molecular complexity index is 1420. The zero-order valence-electron chi connectivity index (χ0n) is 20.8. The van der Waals surface area contributed by atoms with E-state index in [9.17, 15) is 9.18 Å². The third-order valence-electron chi connectivity index (χ3n) is 5.68. The highest BCUT2D eigenvalue weighted by molar-refractivity contribution is 8.18. The second kappa shape index (κ2) is 12.5. The number of amides is 1.